The molecule has 0 atom stereocenters. The molecule has 0 saturated carbocycles. The quantitative estimate of drug-likeness (QED) is 0.799. The lowest BCUT2D eigenvalue weighted by molar-refractivity contribution is 0.387. The van der Waals surface area contributed by atoms with Gasteiger partial charge in [0.2, 0.25) is 0 Å². The van der Waals surface area contributed by atoms with Gasteiger partial charge in [-0.05, 0) is 0 Å². The Balaban J connectivity index is 2.70. The number of fused-ring (bicyclic) bond motifs is 1. The van der Waals surface area contributed by atoms with E-state index in [0.29, 0.717) is 17.8 Å². The molecule has 98 valence electrons. The van der Waals surface area contributed by atoms with Gasteiger partial charge in [0.05, 0.1) is 18.1 Å². The summed E-state index contributed by atoms with van der Waals surface area (Å²) < 4.78 is 20.5. The Bertz CT molecular complexity index is 568. The van der Waals surface area contributed by atoms with Crippen molar-refractivity contribution < 1.29 is 9.13 Å². The van der Waals surface area contributed by atoms with Crippen LogP contribution >= 0.6 is 11.6 Å². The predicted octanol–water partition coefficient (Wildman–Crippen LogP) is 2.16. The molecular weight excluding hydrogens is 257 g/mol. The molecule has 0 fully saturated rings. The maximum absolute atomic E-state index is 13.6. The average Bonchev–Trinajstić information content (AvgIpc) is 2.65. The average molecular weight is 272 g/mol. The number of nitrogens with zero attached hydrogens (tertiary/aromatic N) is 3. The molecule has 2 rings (SSSR count). The number of benzene rings is 1. The first kappa shape index (κ1) is 13.0. The van der Waals surface area contributed by atoms with Gasteiger partial charge in [0.25, 0.3) is 0 Å². The summed E-state index contributed by atoms with van der Waals surface area (Å²) in [6.45, 7) is 0. The second-order valence-electron chi connectivity index (χ2n) is 4.10. The van der Waals surface area contributed by atoms with Crippen LogP contribution in [0.2, 0.25) is 0 Å². The highest BCUT2D eigenvalue weighted by atomic mass is 35.5. The minimum absolute atomic E-state index is 0.211. The molecule has 0 amide bonds. The smallest absolute Gasteiger partial charge is 0.167 e. The van der Waals surface area contributed by atoms with Gasteiger partial charge >= 0.3 is 0 Å². The molecule has 0 unspecified atom stereocenters. The number of ether oxygens (including phenoxy) is 1. The summed E-state index contributed by atoms with van der Waals surface area (Å²) in [5.74, 6) is 1.07. The number of rotatable bonds is 4. The fraction of sp³-hybridized carbons (Fsp3) is 0.417. The molecule has 0 radical (unpaired) electrons. The van der Waals surface area contributed by atoms with Crippen LogP contribution in [0.5, 0.6) is 5.75 Å². The lowest BCUT2D eigenvalue weighted by Gasteiger charge is -2.18. The molecule has 0 spiro atoms. The van der Waals surface area contributed by atoms with Gasteiger partial charge in [0.15, 0.2) is 11.6 Å². The van der Waals surface area contributed by atoms with E-state index in [2.05, 4.69) is 4.98 Å². The molecule has 1 aromatic heterocycles. The van der Waals surface area contributed by atoms with E-state index in [4.69, 9.17) is 16.3 Å². The summed E-state index contributed by atoms with van der Waals surface area (Å²) in [5, 5.41) is 1.88. The standard InChI is InChI=1S/C12H15ClFN3O/c1-16(2)17-10-7-11(18-3)8(14)6-9(10)15-12(17)4-5-13/h6-7H,4-5H2,1-3H3. The lowest BCUT2D eigenvalue weighted by Crippen LogP contribution is -2.27. The summed E-state index contributed by atoms with van der Waals surface area (Å²) in [4.78, 5) is 4.40. The maximum atomic E-state index is 13.6. The van der Waals surface area contributed by atoms with E-state index < -0.39 is 5.82 Å². The zero-order valence-corrected chi connectivity index (χ0v) is 11.3. The van der Waals surface area contributed by atoms with E-state index in [1.165, 1.54) is 13.2 Å². The van der Waals surface area contributed by atoms with Gasteiger partial charge in [-0.1, -0.05) is 0 Å². The van der Waals surface area contributed by atoms with E-state index in [-0.39, 0.29) is 5.75 Å². The number of alkyl halides is 1. The van der Waals surface area contributed by atoms with Gasteiger partial charge in [-0.2, -0.15) is 0 Å². The first-order valence-corrected chi connectivity index (χ1v) is 6.10. The summed E-state index contributed by atoms with van der Waals surface area (Å²) >= 11 is 5.76. The summed E-state index contributed by atoms with van der Waals surface area (Å²) in [6.07, 6.45) is 0.623. The SMILES string of the molecule is COc1cc2c(cc1F)nc(CCCl)n2N(C)C. The zero-order valence-electron chi connectivity index (χ0n) is 10.6. The van der Waals surface area contributed by atoms with Gasteiger partial charge in [-0.15, -0.1) is 11.6 Å². The summed E-state index contributed by atoms with van der Waals surface area (Å²) in [6, 6.07) is 3.03. The van der Waals surface area contributed by atoms with Gasteiger partial charge in [0.1, 0.15) is 5.82 Å². The third-order valence-electron chi connectivity index (χ3n) is 2.69. The van der Waals surface area contributed by atoms with Crippen molar-refractivity contribution >= 4 is 22.6 Å². The van der Waals surface area contributed by atoms with Crippen LogP contribution in [0.3, 0.4) is 0 Å². The van der Waals surface area contributed by atoms with Crippen LogP contribution < -0.4 is 9.75 Å². The molecule has 0 aliphatic carbocycles. The number of halogens is 2. The number of hydrogen-bond acceptors (Lipinski definition) is 3. The number of imidazole rings is 1. The Labute approximate surface area is 110 Å². The van der Waals surface area contributed by atoms with Crippen molar-refractivity contribution in [1.82, 2.24) is 9.66 Å². The van der Waals surface area contributed by atoms with Crippen molar-refractivity contribution in [3.05, 3.63) is 23.8 Å². The molecular formula is C12H15ClFN3O. The monoisotopic (exact) mass is 271 g/mol. The number of hydrogen-bond donors (Lipinski definition) is 0. The molecule has 0 aliphatic rings. The third kappa shape index (κ3) is 2.10. The number of aromatic nitrogens is 2. The predicted molar refractivity (Wildman–Crippen MR) is 70.7 cm³/mol. The van der Waals surface area contributed by atoms with Crippen LogP contribution in [0.4, 0.5) is 4.39 Å². The minimum Gasteiger partial charge on any atom is -0.494 e. The molecule has 4 nitrogen and oxygen atoms in total. The van der Waals surface area contributed by atoms with Gasteiger partial charge in [0, 0.05) is 38.5 Å². The molecule has 1 aromatic carbocycles. The first-order chi connectivity index (χ1) is 8.58. The van der Waals surface area contributed by atoms with Crippen LogP contribution in [0, 0.1) is 5.82 Å². The van der Waals surface area contributed by atoms with Crippen molar-refractivity contribution in [2.75, 3.05) is 32.1 Å². The third-order valence-corrected chi connectivity index (χ3v) is 2.88. The van der Waals surface area contributed by atoms with Crippen LogP contribution in [0.1, 0.15) is 5.82 Å². The molecule has 0 bridgehead atoms. The summed E-state index contributed by atoms with van der Waals surface area (Å²) in [7, 11) is 5.24. The molecule has 0 saturated heterocycles. The highest BCUT2D eigenvalue weighted by Gasteiger charge is 2.15. The Kier molecular flexibility index (Phi) is 3.61. The Morgan fingerprint density at radius 3 is 2.72 bits per heavy atom. The van der Waals surface area contributed by atoms with Gasteiger partial charge in [-0.3, -0.25) is 0 Å². The van der Waals surface area contributed by atoms with Crippen LogP contribution in [0.25, 0.3) is 11.0 Å². The van der Waals surface area contributed by atoms with E-state index in [1.54, 1.807) is 6.07 Å². The van der Waals surface area contributed by atoms with Gasteiger partial charge < -0.3 is 9.75 Å². The largest absolute Gasteiger partial charge is 0.494 e. The van der Waals surface area contributed by atoms with Crippen molar-refractivity contribution in [2.24, 2.45) is 0 Å². The number of aryl methyl sites for hydroxylation is 1. The van der Waals surface area contributed by atoms with E-state index in [0.717, 1.165) is 11.3 Å². The minimum atomic E-state index is -0.411. The van der Waals surface area contributed by atoms with E-state index in [9.17, 15) is 4.39 Å². The van der Waals surface area contributed by atoms with Crippen molar-refractivity contribution in [1.29, 1.82) is 0 Å². The second-order valence-corrected chi connectivity index (χ2v) is 4.48. The second kappa shape index (κ2) is 5.02. The first-order valence-electron chi connectivity index (χ1n) is 5.57. The fourth-order valence-corrected chi connectivity index (χ4v) is 2.13. The van der Waals surface area contributed by atoms with E-state index in [1.807, 2.05) is 23.8 Å². The van der Waals surface area contributed by atoms with E-state index >= 15 is 0 Å². The van der Waals surface area contributed by atoms with Gasteiger partial charge in [-0.25, -0.2) is 14.1 Å². The molecule has 6 heteroatoms. The zero-order chi connectivity index (χ0) is 13.3. The Morgan fingerprint density at radius 1 is 1.44 bits per heavy atom. The summed E-state index contributed by atoms with van der Waals surface area (Å²) in [5.41, 5.74) is 1.40. The Morgan fingerprint density at radius 2 is 2.17 bits per heavy atom. The van der Waals surface area contributed by atoms with Crippen LogP contribution in [0.15, 0.2) is 12.1 Å². The number of methoxy groups -OCH3 is 1. The Hall–Kier alpha value is -1.49. The lowest BCUT2D eigenvalue weighted by atomic mass is 10.3. The normalized spacial score (nSPS) is 10.9. The fourth-order valence-electron chi connectivity index (χ4n) is 1.97. The topological polar surface area (TPSA) is 30.3 Å². The highest BCUT2D eigenvalue weighted by molar-refractivity contribution is 6.17. The van der Waals surface area contributed by atoms with Crippen molar-refractivity contribution in [3.63, 3.8) is 0 Å². The molecule has 0 aliphatic heterocycles. The molecule has 0 N–H and O–H groups in total. The molecule has 2 aromatic rings. The van der Waals surface area contributed by atoms with Crippen molar-refractivity contribution in [3.8, 4) is 5.75 Å². The van der Waals surface area contributed by atoms with Crippen LogP contribution in [-0.4, -0.2) is 36.7 Å². The van der Waals surface area contributed by atoms with Crippen LogP contribution in [-0.2, 0) is 6.42 Å². The molecule has 1 heterocycles. The highest BCUT2D eigenvalue weighted by Crippen LogP contribution is 2.25. The molecule has 18 heavy (non-hydrogen) atoms. The maximum Gasteiger partial charge on any atom is 0.167 e. The van der Waals surface area contributed by atoms with Crippen molar-refractivity contribution in [2.45, 2.75) is 6.42 Å².